The number of nitrogen functional groups attached to an aromatic ring is 1. The molecule has 2 aromatic rings. The molecule has 0 bridgehead atoms. The van der Waals surface area contributed by atoms with Crippen molar-refractivity contribution in [1.29, 1.82) is 0 Å². The van der Waals surface area contributed by atoms with Crippen LogP contribution in [0.15, 0.2) is 15.8 Å². The first-order valence-corrected chi connectivity index (χ1v) is 3.41. The fourth-order valence-electron chi connectivity index (χ4n) is 0.959. The van der Waals surface area contributed by atoms with Gasteiger partial charge in [0.25, 0.3) is 11.1 Å². The van der Waals surface area contributed by atoms with Crippen molar-refractivity contribution in [3.05, 3.63) is 26.9 Å². The van der Waals surface area contributed by atoms with E-state index in [-0.39, 0.29) is 16.9 Å². The van der Waals surface area contributed by atoms with E-state index < -0.39 is 11.1 Å². The van der Waals surface area contributed by atoms with Crippen LogP contribution in [0, 0.1) is 0 Å². The minimum atomic E-state index is -0.519. The lowest BCUT2D eigenvalue weighted by molar-refractivity contribution is 0.961. The second-order valence-corrected chi connectivity index (χ2v) is 2.40. The number of nitrogens with two attached hydrogens (primary N) is 1. The van der Waals surface area contributed by atoms with Crippen LogP contribution < -0.4 is 16.9 Å². The fourth-order valence-corrected chi connectivity index (χ4v) is 0.959. The number of aromatic amines is 2. The summed E-state index contributed by atoms with van der Waals surface area (Å²) < 4.78 is 0. The minimum absolute atomic E-state index is 0.0158. The molecule has 4 N–H and O–H groups in total. The molecule has 0 saturated heterocycles. The molecule has 2 rings (SSSR count). The molecule has 0 fully saturated rings. The number of aromatic nitrogens is 4. The molecule has 0 saturated carbocycles. The van der Waals surface area contributed by atoms with Crippen LogP contribution in [0.1, 0.15) is 0 Å². The molecular weight excluding hydrogens is 174 g/mol. The number of hydrogen-bond acceptors (Lipinski definition) is 5. The highest BCUT2D eigenvalue weighted by Crippen LogP contribution is 1.98. The number of anilines is 1. The van der Waals surface area contributed by atoms with Gasteiger partial charge >= 0.3 is 0 Å². The second-order valence-electron chi connectivity index (χ2n) is 2.40. The number of H-pyrrole nitrogens is 2. The van der Waals surface area contributed by atoms with Crippen molar-refractivity contribution in [1.82, 2.24) is 20.2 Å². The minimum Gasteiger partial charge on any atom is -0.382 e. The van der Waals surface area contributed by atoms with Crippen LogP contribution in [0.5, 0.6) is 0 Å². The maximum atomic E-state index is 11.1. The molecule has 0 amide bonds. The Bertz CT molecular complexity index is 569. The van der Waals surface area contributed by atoms with Crippen molar-refractivity contribution in [2.45, 2.75) is 0 Å². The number of nitrogens with one attached hydrogen (secondary N) is 2. The lowest BCUT2D eigenvalue weighted by Gasteiger charge is -1.94. The predicted molar refractivity (Wildman–Crippen MR) is 45.2 cm³/mol. The third-order valence-electron chi connectivity index (χ3n) is 1.51. The normalized spacial score (nSPS) is 10.5. The first-order chi connectivity index (χ1) is 6.18. The summed E-state index contributed by atoms with van der Waals surface area (Å²) in [4.78, 5) is 29.6. The highest BCUT2D eigenvalue weighted by molar-refractivity contribution is 5.72. The van der Waals surface area contributed by atoms with Gasteiger partial charge in [-0.2, -0.15) is 0 Å². The summed E-state index contributed by atoms with van der Waals surface area (Å²) in [6.45, 7) is 0. The molecule has 7 heteroatoms. The summed E-state index contributed by atoms with van der Waals surface area (Å²) in [5.74, 6) is 0.101. The zero-order valence-electron chi connectivity index (χ0n) is 6.37. The SMILES string of the molecule is Nc1cnc2c(=O)[nH][nH]c(=O)c2n1. The van der Waals surface area contributed by atoms with Crippen LogP contribution in [0.4, 0.5) is 5.82 Å². The van der Waals surface area contributed by atoms with Gasteiger partial charge in [-0.05, 0) is 0 Å². The summed E-state index contributed by atoms with van der Waals surface area (Å²) in [5.41, 5.74) is 4.22. The van der Waals surface area contributed by atoms with Crippen LogP contribution in [-0.4, -0.2) is 20.2 Å². The lowest BCUT2D eigenvalue weighted by Crippen LogP contribution is -2.21. The molecule has 0 atom stereocenters. The van der Waals surface area contributed by atoms with Crippen LogP contribution in [-0.2, 0) is 0 Å². The van der Waals surface area contributed by atoms with Crippen molar-refractivity contribution in [2.75, 3.05) is 5.73 Å². The average Bonchev–Trinajstić information content (AvgIpc) is 2.12. The van der Waals surface area contributed by atoms with Crippen molar-refractivity contribution in [3.8, 4) is 0 Å². The molecule has 7 nitrogen and oxygen atoms in total. The van der Waals surface area contributed by atoms with Gasteiger partial charge in [-0.25, -0.2) is 9.97 Å². The fraction of sp³-hybridized carbons (Fsp3) is 0. The summed E-state index contributed by atoms with van der Waals surface area (Å²) in [7, 11) is 0. The summed E-state index contributed by atoms with van der Waals surface area (Å²) in [6, 6.07) is 0. The molecule has 0 aromatic carbocycles. The molecular formula is C6H5N5O2. The Kier molecular flexibility index (Phi) is 1.38. The third-order valence-corrected chi connectivity index (χ3v) is 1.51. The van der Waals surface area contributed by atoms with Gasteiger partial charge in [0, 0.05) is 0 Å². The van der Waals surface area contributed by atoms with E-state index in [1.54, 1.807) is 0 Å². The van der Waals surface area contributed by atoms with Gasteiger partial charge in [0.1, 0.15) is 5.82 Å². The van der Waals surface area contributed by atoms with E-state index in [0.717, 1.165) is 0 Å². The van der Waals surface area contributed by atoms with Gasteiger partial charge in [0.15, 0.2) is 11.0 Å². The van der Waals surface area contributed by atoms with Crippen molar-refractivity contribution in [3.63, 3.8) is 0 Å². The van der Waals surface area contributed by atoms with E-state index in [1.165, 1.54) is 6.20 Å². The van der Waals surface area contributed by atoms with Crippen LogP contribution in [0.25, 0.3) is 11.0 Å². The highest BCUT2D eigenvalue weighted by Gasteiger charge is 2.04. The first-order valence-electron chi connectivity index (χ1n) is 3.41. The van der Waals surface area contributed by atoms with Crippen molar-refractivity contribution < 1.29 is 0 Å². The summed E-state index contributed by atoms with van der Waals surface area (Å²) in [6.07, 6.45) is 1.22. The smallest absolute Gasteiger partial charge is 0.290 e. The van der Waals surface area contributed by atoms with E-state index in [4.69, 9.17) is 5.73 Å². The third kappa shape index (κ3) is 1.06. The lowest BCUT2D eigenvalue weighted by atomic mass is 10.4. The van der Waals surface area contributed by atoms with Gasteiger partial charge in [-0.1, -0.05) is 0 Å². The monoisotopic (exact) mass is 179 g/mol. The van der Waals surface area contributed by atoms with E-state index in [0.29, 0.717) is 0 Å². The molecule has 2 heterocycles. The van der Waals surface area contributed by atoms with Gasteiger partial charge < -0.3 is 5.73 Å². The van der Waals surface area contributed by atoms with Gasteiger partial charge in [0.05, 0.1) is 6.20 Å². The Morgan fingerprint density at radius 3 is 2.46 bits per heavy atom. The highest BCUT2D eigenvalue weighted by atomic mass is 16.1. The zero-order chi connectivity index (χ0) is 9.42. The van der Waals surface area contributed by atoms with Crippen molar-refractivity contribution >= 4 is 16.9 Å². The standard InChI is InChI=1S/C6H5N5O2/c7-2-1-8-3-4(9-2)6(13)11-10-5(3)12/h1H,(H2,7,9)(H,10,12)(H,11,13). The number of fused-ring (bicyclic) bond motifs is 1. The van der Waals surface area contributed by atoms with Crippen LogP contribution >= 0.6 is 0 Å². The number of rotatable bonds is 0. The molecule has 0 radical (unpaired) electrons. The topological polar surface area (TPSA) is 118 Å². The van der Waals surface area contributed by atoms with Gasteiger partial charge in [0.2, 0.25) is 0 Å². The van der Waals surface area contributed by atoms with Crippen LogP contribution in [0.3, 0.4) is 0 Å². The molecule has 0 unspecified atom stereocenters. The molecule has 0 aliphatic heterocycles. The predicted octanol–water partition coefficient (Wildman–Crippen LogP) is -1.41. The Morgan fingerprint density at radius 2 is 1.77 bits per heavy atom. The Labute approximate surface area is 70.6 Å². The van der Waals surface area contributed by atoms with Crippen LogP contribution in [0.2, 0.25) is 0 Å². The molecule has 0 aliphatic carbocycles. The Morgan fingerprint density at radius 1 is 1.15 bits per heavy atom. The molecule has 2 aromatic heterocycles. The Hall–Kier alpha value is -2.18. The molecule has 0 aliphatic rings. The maximum Gasteiger partial charge on any atom is 0.290 e. The largest absolute Gasteiger partial charge is 0.382 e. The summed E-state index contributed by atoms with van der Waals surface area (Å²) in [5, 5.41) is 4.24. The first kappa shape index (κ1) is 7.47. The number of nitrogens with zero attached hydrogens (tertiary/aromatic N) is 2. The second kappa shape index (κ2) is 2.41. The van der Waals surface area contributed by atoms with E-state index in [1.807, 2.05) is 0 Å². The average molecular weight is 179 g/mol. The Balaban J connectivity index is 3.10. The quantitative estimate of drug-likeness (QED) is 0.459. The van der Waals surface area contributed by atoms with E-state index in [2.05, 4.69) is 20.2 Å². The molecule has 66 valence electrons. The molecule has 0 spiro atoms. The van der Waals surface area contributed by atoms with Gasteiger partial charge in [-0.15, -0.1) is 0 Å². The van der Waals surface area contributed by atoms with E-state index in [9.17, 15) is 9.59 Å². The number of hydrogen-bond donors (Lipinski definition) is 3. The zero-order valence-corrected chi connectivity index (χ0v) is 6.37. The summed E-state index contributed by atoms with van der Waals surface area (Å²) >= 11 is 0. The van der Waals surface area contributed by atoms with Crippen molar-refractivity contribution in [2.24, 2.45) is 0 Å². The van der Waals surface area contributed by atoms with Gasteiger partial charge in [-0.3, -0.25) is 19.8 Å². The maximum absolute atomic E-state index is 11.1. The van der Waals surface area contributed by atoms with E-state index >= 15 is 0 Å². The molecule has 13 heavy (non-hydrogen) atoms.